The maximum Gasteiger partial charge on any atom is 0.265 e. The van der Waals surface area contributed by atoms with E-state index in [0.29, 0.717) is 30.2 Å². The van der Waals surface area contributed by atoms with Crippen molar-refractivity contribution in [3.8, 4) is 5.75 Å². The van der Waals surface area contributed by atoms with Gasteiger partial charge in [0.2, 0.25) is 5.91 Å². The van der Waals surface area contributed by atoms with Gasteiger partial charge in [0.05, 0.1) is 17.8 Å². The van der Waals surface area contributed by atoms with Gasteiger partial charge in [-0.05, 0) is 43.4 Å². The van der Waals surface area contributed by atoms with Gasteiger partial charge < -0.3 is 21.1 Å². The van der Waals surface area contributed by atoms with E-state index in [-0.39, 0.29) is 30.3 Å². The molecule has 1 aliphatic heterocycles. The van der Waals surface area contributed by atoms with E-state index in [9.17, 15) is 9.59 Å². The first-order chi connectivity index (χ1) is 11.3. The molecule has 3 atom stereocenters. The van der Waals surface area contributed by atoms with Crippen molar-refractivity contribution >= 4 is 29.9 Å². The lowest BCUT2D eigenvalue weighted by atomic mass is 10.0. The molecule has 1 aliphatic rings. The molecule has 1 aromatic rings. The Kier molecular flexibility index (Phi) is 7.70. The number of nitrogens with two attached hydrogens (primary N) is 1. The summed E-state index contributed by atoms with van der Waals surface area (Å²) in [5, 5.41) is 5.77. The summed E-state index contributed by atoms with van der Waals surface area (Å²) in [5.41, 5.74) is 7.49. The van der Waals surface area contributed by atoms with Gasteiger partial charge in [-0.25, -0.2) is 0 Å². The summed E-state index contributed by atoms with van der Waals surface area (Å²) in [5.74, 6) is 0.715. The predicted molar refractivity (Wildman–Crippen MR) is 101 cm³/mol. The molecule has 0 aliphatic carbocycles. The predicted octanol–water partition coefficient (Wildman–Crippen LogP) is 2.77. The normalized spacial score (nSPS) is 18.3. The highest BCUT2D eigenvalue weighted by molar-refractivity contribution is 5.97. The van der Waals surface area contributed by atoms with E-state index in [1.807, 2.05) is 39.8 Å². The Labute approximate surface area is 155 Å². The van der Waals surface area contributed by atoms with Crippen LogP contribution in [0, 0.1) is 5.92 Å². The van der Waals surface area contributed by atoms with Crippen LogP contribution >= 0.6 is 12.4 Å². The SMILES string of the molecule is CCC1Oc2cc(C(C)NC(=O)[C@@H](N)CC(C)C)ccc2NC1=O.Cl. The molecule has 7 heteroatoms. The summed E-state index contributed by atoms with van der Waals surface area (Å²) >= 11 is 0. The maximum atomic E-state index is 12.2. The van der Waals surface area contributed by atoms with Crippen molar-refractivity contribution in [2.75, 3.05) is 5.32 Å². The molecule has 0 radical (unpaired) electrons. The molecule has 0 spiro atoms. The number of ether oxygens (including phenoxy) is 1. The molecule has 0 saturated heterocycles. The minimum absolute atomic E-state index is 0. The van der Waals surface area contributed by atoms with E-state index < -0.39 is 12.1 Å². The number of anilines is 1. The molecule has 25 heavy (non-hydrogen) atoms. The molecular formula is C18H28ClN3O3. The Morgan fingerprint density at radius 2 is 2.04 bits per heavy atom. The first-order valence-corrected chi connectivity index (χ1v) is 8.49. The number of fused-ring (bicyclic) bond motifs is 1. The van der Waals surface area contributed by atoms with Crippen molar-refractivity contribution in [2.45, 2.75) is 58.7 Å². The first-order valence-electron chi connectivity index (χ1n) is 8.49. The van der Waals surface area contributed by atoms with Crippen LogP contribution < -0.4 is 21.1 Å². The fraction of sp³-hybridized carbons (Fsp3) is 0.556. The third kappa shape index (κ3) is 5.34. The quantitative estimate of drug-likeness (QED) is 0.718. The van der Waals surface area contributed by atoms with Crippen LogP contribution in [-0.2, 0) is 9.59 Å². The molecule has 6 nitrogen and oxygen atoms in total. The molecule has 2 amide bonds. The molecule has 0 fully saturated rings. The van der Waals surface area contributed by atoms with Gasteiger partial charge in [0, 0.05) is 0 Å². The number of nitrogens with one attached hydrogen (secondary N) is 2. The molecule has 1 aromatic carbocycles. The Hall–Kier alpha value is -1.79. The standard InChI is InChI=1S/C18H27N3O3.ClH/c1-5-15-18(23)21-14-7-6-12(9-16(14)24-15)11(4)20-17(22)13(19)8-10(2)3;/h6-7,9-11,13,15H,5,8,19H2,1-4H3,(H,20,22)(H,21,23);1H/t11?,13-,15?;/m0./s1. The topological polar surface area (TPSA) is 93.4 Å². The third-order valence-electron chi connectivity index (χ3n) is 4.12. The van der Waals surface area contributed by atoms with Crippen molar-refractivity contribution < 1.29 is 14.3 Å². The van der Waals surface area contributed by atoms with Crippen molar-refractivity contribution in [3.63, 3.8) is 0 Å². The van der Waals surface area contributed by atoms with Crippen molar-refractivity contribution in [3.05, 3.63) is 23.8 Å². The van der Waals surface area contributed by atoms with Crippen LogP contribution in [0.2, 0.25) is 0 Å². The minimum atomic E-state index is -0.509. The van der Waals surface area contributed by atoms with E-state index in [0.717, 1.165) is 5.56 Å². The fourth-order valence-corrected chi connectivity index (χ4v) is 2.72. The van der Waals surface area contributed by atoms with Crippen LogP contribution in [0.1, 0.15) is 52.1 Å². The second kappa shape index (κ2) is 9.06. The Morgan fingerprint density at radius 1 is 1.36 bits per heavy atom. The van der Waals surface area contributed by atoms with Gasteiger partial charge in [-0.2, -0.15) is 0 Å². The summed E-state index contributed by atoms with van der Waals surface area (Å²) in [6, 6.07) is 4.82. The zero-order valence-corrected chi connectivity index (χ0v) is 16.0. The minimum Gasteiger partial charge on any atom is -0.478 e. The van der Waals surface area contributed by atoms with Gasteiger partial charge in [-0.3, -0.25) is 9.59 Å². The van der Waals surface area contributed by atoms with Crippen LogP contribution in [0.4, 0.5) is 5.69 Å². The summed E-state index contributed by atoms with van der Waals surface area (Å²) in [4.78, 5) is 24.0. The average molecular weight is 370 g/mol. The smallest absolute Gasteiger partial charge is 0.265 e. The number of benzene rings is 1. The van der Waals surface area contributed by atoms with Gasteiger partial charge in [0.15, 0.2) is 6.10 Å². The third-order valence-corrected chi connectivity index (χ3v) is 4.12. The second-order valence-corrected chi connectivity index (χ2v) is 6.73. The van der Waals surface area contributed by atoms with Crippen LogP contribution in [0.3, 0.4) is 0 Å². The van der Waals surface area contributed by atoms with Crippen LogP contribution in [0.5, 0.6) is 5.75 Å². The number of carbonyl (C=O) groups excluding carboxylic acids is 2. The van der Waals surface area contributed by atoms with Crippen molar-refractivity contribution in [1.29, 1.82) is 0 Å². The number of halogens is 1. The van der Waals surface area contributed by atoms with Gasteiger partial charge in [-0.15, -0.1) is 12.4 Å². The highest BCUT2D eigenvalue weighted by atomic mass is 35.5. The fourth-order valence-electron chi connectivity index (χ4n) is 2.72. The van der Waals surface area contributed by atoms with Crippen molar-refractivity contribution in [2.24, 2.45) is 11.7 Å². The molecule has 4 N–H and O–H groups in total. The summed E-state index contributed by atoms with van der Waals surface area (Å²) in [6.45, 7) is 7.88. The largest absolute Gasteiger partial charge is 0.478 e. The highest BCUT2D eigenvalue weighted by Crippen LogP contribution is 2.33. The zero-order valence-electron chi connectivity index (χ0n) is 15.2. The van der Waals surface area contributed by atoms with Gasteiger partial charge in [-0.1, -0.05) is 26.8 Å². The van der Waals surface area contributed by atoms with Gasteiger partial charge in [0.25, 0.3) is 5.91 Å². The van der Waals surface area contributed by atoms with Crippen LogP contribution in [0.15, 0.2) is 18.2 Å². The number of hydrogen-bond donors (Lipinski definition) is 3. The Balaban J connectivity index is 0.00000312. The first kappa shape index (κ1) is 21.3. The molecule has 0 saturated carbocycles. The number of carbonyl (C=O) groups is 2. The molecule has 140 valence electrons. The van der Waals surface area contributed by atoms with E-state index >= 15 is 0 Å². The van der Waals surface area contributed by atoms with Crippen molar-refractivity contribution in [1.82, 2.24) is 5.32 Å². The molecule has 0 bridgehead atoms. The van der Waals surface area contributed by atoms with E-state index in [1.165, 1.54) is 0 Å². The lowest BCUT2D eigenvalue weighted by molar-refractivity contribution is -0.124. The maximum absolute atomic E-state index is 12.2. The van der Waals surface area contributed by atoms with E-state index in [2.05, 4.69) is 10.6 Å². The summed E-state index contributed by atoms with van der Waals surface area (Å²) < 4.78 is 5.74. The molecule has 1 heterocycles. The summed E-state index contributed by atoms with van der Waals surface area (Å²) in [7, 11) is 0. The Morgan fingerprint density at radius 3 is 2.64 bits per heavy atom. The second-order valence-electron chi connectivity index (χ2n) is 6.73. The van der Waals surface area contributed by atoms with Gasteiger partial charge >= 0.3 is 0 Å². The Bertz CT molecular complexity index is 622. The number of hydrogen-bond acceptors (Lipinski definition) is 4. The monoisotopic (exact) mass is 369 g/mol. The molecule has 2 rings (SSSR count). The van der Waals surface area contributed by atoms with Gasteiger partial charge in [0.1, 0.15) is 5.75 Å². The molecule has 2 unspecified atom stereocenters. The van der Waals surface area contributed by atoms with Crippen LogP contribution in [-0.4, -0.2) is 24.0 Å². The number of rotatable bonds is 6. The van der Waals surface area contributed by atoms with Crippen LogP contribution in [0.25, 0.3) is 0 Å². The average Bonchev–Trinajstić information content (AvgIpc) is 2.52. The van der Waals surface area contributed by atoms with E-state index in [1.54, 1.807) is 6.07 Å². The van der Waals surface area contributed by atoms with E-state index in [4.69, 9.17) is 10.5 Å². The molecular weight excluding hydrogens is 342 g/mol. The summed E-state index contributed by atoms with van der Waals surface area (Å²) in [6.07, 6.45) is 0.777. The lowest BCUT2D eigenvalue weighted by Gasteiger charge is -2.26. The molecule has 0 aromatic heterocycles. The number of amides is 2. The highest BCUT2D eigenvalue weighted by Gasteiger charge is 2.26. The lowest BCUT2D eigenvalue weighted by Crippen LogP contribution is -2.42. The zero-order chi connectivity index (χ0) is 17.9.